The average Bonchev–Trinajstić information content (AvgIpc) is 3.47. The number of anilines is 1. The van der Waals surface area contributed by atoms with Gasteiger partial charge in [-0.15, -0.1) is 11.3 Å². The zero-order valence-corrected chi connectivity index (χ0v) is 19.4. The highest BCUT2D eigenvalue weighted by atomic mass is 32.1. The van der Waals surface area contributed by atoms with E-state index in [9.17, 15) is 14.4 Å². The van der Waals surface area contributed by atoms with Gasteiger partial charge in [-0.3, -0.25) is 19.3 Å². The van der Waals surface area contributed by atoms with Gasteiger partial charge in [0.2, 0.25) is 0 Å². The second-order valence-corrected chi connectivity index (χ2v) is 9.56. The second kappa shape index (κ2) is 7.63. The Bertz CT molecular complexity index is 1470. The Balaban J connectivity index is 1.57. The minimum Gasteiger partial charge on any atom is -0.322 e. The largest absolute Gasteiger partial charge is 0.322 e. The molecule has 5 rings (SSSR count). The monoisotopic (exact) mass is 459 g/mol. The lowest BCUT2D eigenvalue weighted by atomic mass is 10.1. The van der Waals surface area contributed by atoms with Crippen LogP contribution in [-0.4, -0.2) is 44.4 Å². The molecule has 0 atom stereocenters. The van der Waals surface area contributed by atoms with Gasteiger partial charge in [0.05, 0.1) is 38.8 Å². The smallest absolute Gasteiger partial charge is 0.261 e. The number of aryl methyl sites for hydroxylation is 1. The van der Waals surface area contributed by atoms with Crippen molar-refractivity contribution in [3.63, 3.8) is 0 Å². The third kappa shape index (κ3) is 3.41. The summed E-state index contributed by atoms with van der Waals surface area (Å²) in [5, 5.41) is 7.96. The molecule has 0 fully saturated rings. The molecule has 0 spiro atoms. The van der Waals surface area contributed by atoms with E-state index < -0.39 is 0 Å². The molecule has 1 aliphatic heterocycles. The highest BCUT2D eigenvalue weighted by Gasteiger charge is 2.33. The topological polar surface area (TPSA) is 97.2 Å². The lowest BCUT2D eigenvalue weighted by molar-refractivity contribution is 0.0692. The quantitative estimate of drug-likeness (QED) is 0.452. The average molecular weight is 460 g/mol. The highest BCUT2D eigenvalue weighted by Crippen LogP contribution is 2.31. The Morgan fingerprint density at radius 1 is 1.06 bits per heavy atom. The van der Waals surface area contributed by atoms with Crippen molar-refractivity contribution in [3.8, 4) is 10.6 Å². The molecule has 1 aliphatic rings. The molecule has 0 bridgehead atoms. The number of carbonyl (C=O) groups excluding carboxylic acids is 3. The first kappa shape index (κ1) is 21.0. The van der Waals surface area contributed by atoms with Gasteiger partial charge in [-0.25, -0.2) is 9.67 Å². The molecule has 0 unspecified atom stereocenters. The van der Waals surface area contributed by atoms with Gasteiger partial charge in [-0.2, -0.15) is 5.10 Å². The third-order valence-electron chi connectivity index (χ3n) is 5.64. The molecule has 9 heteroatoms. The van der Waals surface area contributed by atoms with Gasteiger partial charge >= 0.3 is 0 Å². The predicted octanol–water partition coefficient (Wildman–Crippen LogP) is 4.53. The molecule has 33 heavy (non-hydrogen) atoms. The van der Waals surface area contributed by atoms with Crippen LogP contribution in [0.3, 0.4) is 0 Å². The van der Waals surface area contributed by atoms with E-state index in [1.165, 1.54) is 13.1 Å². The van der Waals surface area contributed by atoms with Crippen molar-refractivity contribution in [2.75, 3.05) is 12.4 Å². The van der Waals surface area contributed by atoms with E-state index in [-0.39, 0.29) is 29.3 Å². The molecule has 3 amide bonds. The van der Waals surface area contributed by atoms with Gasteiger partial charge in [0.1, 0.15) is 0 Å². The van der Waals surface area contributed by atoms with Crippen LogP contribution in [-0.2, 0) is 0 Å². The van der Waals surface area contributed by atoms with Crippen molar-refractivity contribution in [2.45, 2.75) is 26.8 Å². The number of pyridine rings is 1. The number of nitrogens with zero attached hydrogens (tertiary/aromatic N) is 4. The summed E-state index contributed by atoms with van der Waals surface area (Å²) in [7, 11) is 1.44. The number of rotatable bonds is 4. The lowest BCUT2D eigenvalue weighted by Gasteiger charge is -2.11. The molecule has 0 radical (unpaired) electrons. The van der Waals surface area contributed by atoms with E-state index in [1.54, 1.807) is 40.4 Å². The zero-order chi connectivity index (χ0) is 23.4. The van der Waals surface area contributed by atoms with Crippen molar-refractivity contribution in [1.82, 2.24) is 19.7 Å². The molecular weight excluding hydrogens is 438 g/mol. The SMILES string of the molecule is Cc1ccc(-c2cc(C(=O)Nc3ccc4c(c3)C(=O)N(C)C4=O)c3cnn(C(C)C)c3n2)s1. The molecular formula is C24H21N5O3S. The molecule has 3 aromatic heterocycles. The summed E-state index contributed by atoms with van der Waals surface area (Å²) in [6, 6.07) is 10.6. The minimum atomic E-state index is -0.383. The number of fused-ring (bicyclic) bond motifs is 2. The molecule has 8 nitrogen and oxygen atoms in total. The summed E-state index contributed by atoms with van der Waals surface area (Å²) in [6.45, 7) is 6.04. The van der Waals surface area contributed by atoms with Crippen LogP contribution in [0.25, 0.3) is 21.6 Å². The second-order valence-electron chi connectivity index (χ2n) is 8.27. The predicted molar refractivity (Wildman–Crippen MR) is 127 cm³/mol. The van der Waals surface area contributed by atoms with Crippen molar-refractivity contribution >= 4 is 45.8 Å². The van der Waals surface area contributed by atoms with E-state index >= 15 is 0 Å². The third-order valence-corrected chi connectivity index (χ3v) is 6.66. The normalized spacial score (nSPS) is 13.3. The number of amides is 3. The molecule has 0 saturated heterocycles. The zero-order valence-electron chi connectivity index (χ0n) is 18.5. The van der Waals surface area contributed by atoms with E-state index in [2.05, 4.69) is 10.4 Å². The number of benzene rings is 1. The number of aromatic nitrogens is 3. The number of hydrogen-bond acceptors (Lipinski definition) is 6. The van der Waals surface area contributed by atoms with E-state index in [4.69, 9.17) is 4.98 Å². The standard InChI is InChI=1S/C24H21N5O3S/c1-12(2)29-21-18(11-25-29)16(10-19(27-21)20-8-5-13(3)33-20)22(30)26-14-6-7-15-17(9-14)24(32)28(4)23(15)31/h5-12H,1-4H3,(H,26,30). The fourth-order valence-electron chi connectivity index (χ4n) is 3.92. The molecule has 1 aromatic carbocycles. The maximum absolute atomic E-state index is 13.4. The molecule has 0 aliphatic carbocycles. The summed E-state index contributed by atoms with van der Waals surface area (Å²) >= 11 is 1.61. The van der Waals surface area contributed by atoms with Crippen LogP contribution >= 0.6 is 11.3 Å². The number of imide groups is 1. The maximum atomic E-state index is 13.4. The Hall–Kier alpha value is -3.85. The fraction of sp³-hybridized carbons (Fsp3) is 0.208. The summed E-state index contributed by atoms with van der Waals surface area (Å²) in [5.74, 6) is -1.07. The maximum Gasteiger partial charge on any atom is 0.261 e. The first-order valence-electron chi connectivity index (χ1n) is 10.5. The van der Waals surface area contributed by atoms with Crippen molar-refractivity contribution in [1.29, 1.82) is 0 Å². The summed E-state index contributed by atoms with van der Waals surface area (Å²) in [4.78, 5) is 45.8. The van der Waals surface area contributed by atoms with Gasteiger partial charge in [0.25, 0.3) is 17.7 Å². The van der Waals surface area contributed by atoms with Gasteiger partial charge in [-0.05, 0) is 57.2 Å². The van der Waals surface area contributed by atoms with Crippen LogP contribution < -0.4 is 5.32 Å². The van der Waals surface area contributed by atoms with Crippen LogP contribution in [0.5, 0.6) is 0 Å². The van der Waals surface area contributed by atoms with E-state index in [0.717, 1.165) is 14.7 Å². The molecule has 0 saturated carbocycles. The number of thiophene rings is 1. The Morgan fingerprint density at radius 2 is 1.82 bits per heavy atom. The summed E-state index contributed by atoms with van der Waals surface area (Å²) in [6.07, 6.45) is 1.65. The van der Waals surface area contributed by atoms with Gasteiger partial charge in [-0.1, -0.05) is 0 Å². The van der Waals surface area contributed by atoms with Crippen LogP contribution in [0.4, 0.5) is 5.69 Å². The summed E-state index contributed by atoms with van der Waals surface area (Å²) in [5.41, 5.74) is 2.82. The first-order chi connectivity index (χ1) is 15.7. The molecule has 4 heterocycles. The van der Waals surface area contributed by atoms with Gasteiger partial charge < -0.3 is 5.32 Å². The number of hydrogen-bond donors (Lipinski definition) is 1. The van der Waals surface area contributed by atoms with Crippen molar-refractivity contribution < 1.29 is 14.4 Å². The molecule has 166 valence electrons. The first-order valence-corrected chi connectivity index (χ1v) is 11.3. The van der Waals surface area contributed by atoms with Crippen LogP contribution in [0.1, 0.15) is 55.8 Å². The number of carbonyl (C=O) groups is 3. The van der Waals surface area contributed by atoms with Gasteiger partial charge in [0.15, 0.2) is 5.65 Å². The van der Waals surface area contributed by atoms with Crippen molar-refractivity contribution in [2.24, 2.45) is 0 Å². The molecule has 4 aromatic rings. The van der Waals surface area contributed by atoms with E-state index in [1.807, 2.05) is 32.9 Å². The lowest BCUT2D eigenvalue weighted by Crippen LogP contribution is -2.24. The molecule has 1 N–H and O–H groups in total. The Kier molecular flexibility index (Phi) is 4.86. The van der Waals surface area contributed by atoms with Crippen LogP contribution in [0, 0.1) is 6.92 Å². The summed E-state index contributed by atoms with van der Waals surface area (Å²) < 4.78 is 1.80. The fourth-order valence-corrected chi connectivity index (χ4v) is 4.75. The van der Waals surface area contributed by atoms with Crippen molar-refractivity contribution in [3.05, 3.63) is 64.2 Å². The number of nitrogens with one attached hydrogen (secondary N) is 1. The van der Waals surface area contributed by atoms with Gasteiger partial charge in [0, 0.05) is 23.7 Å². The van der Waals surface area contributed by atoms with Crippen LogP contribution in [0.2, 0.25) is 0 Å². The van der Waals surface area contributed by atoms with Crippen LogP contribution in [0.15, 0.2) is 42.6 Å². The highest BCUT2D eigenvalue weighted by molar-refractivity contribution is 7.15. The van der Waals surface area contributed by atoms with E-state index in [0.29, 0.717) is 33.5 Å². The Labute approximate surface area is 193 Å². The minimum absolute atomic E-state index is 0.0727. The Morgan fingerprint density at radius 3 is 2.52 bits per heavy atom.